The Morgan fingerprint density at radius 2 is 2.21 bits per heavy atom. The van der Waals surface area contributed by atoms with Gasteiger partial charge in [-0.3, -0.25) is 4.79 Å². The van der Waals surface area contributed by atoms with E-state index in [1.165, 1.54) is 11.3 Å². The fraction of sp³-hybridized carbons (Fsp3) is 0.154. The fourth-order valence-electron chi connectivity index (χ4n) is 1.90. The van der Waals surface area contributed by atoms with Gasteiger partial charge in [-0.05, 0) is 29.1 Å². The minimum Gasteiger partial charge on any atom is -0.482 e. The van der Waals surface area contributed by atoms with E-state index in [1.54, 1.807) is 6.07 Å². The van der Waals surface area contributed by atoms with Crippen LogP contribution in [0.2, 0.25) is 5.02 Å². The Hall–Kier alpha value is -1.23. The van der Waals surface area contributed by atoms with Crippen molar-refractivity contribution in [1.82, 2.24) is 0 Å². The fourth-order valence-corrected chi connectivity index (χ4v) is 3.53. The topological polar surface area (TPSA) is 38.3 Å². The number of rotatable bonds is 2. The molecule has 3 rings (SSSR count). The maximum Gasteiger partial charge on any atom is 0.262 e. The maximum atomic E-state index is 11.3. The summed E-state index contributed by atoms with van der Waals surface area (Å²) in [6.45, 7) is 0.0490. The third-order valence-corrected chi connectivity index (χ3v) is 4.83. The number of amides is 1. The van der Waals surface area contributed by atoms with E-state index in [-0.39, 0.29) is 17.9 Å². The van der Waals surface area contributed by atoms with Crippen LogP contribution in [-0.4, -0.2) is 12.5 Å². The molecule has 2 aromatic rings. The van der Waals surface area contributed by atoms with E-state index in [0.717, 1.165) is 10.4 Å². The summed E-state index contributed by atoms with van der Waals surface area (Å²) in [4.78, 5) is 12.2. The van der Waals surface area contributed by atoms with Crippen LogP contribution in [0.3, 0.4) is 0 Å². The molecule has 1 amide bonds. The number of hydrogen-bond acceptors (Lipinski definition) is 3. The first-order chi connectivity index (χ1) is 9.15. The van der Waals surface area contributed by atoms with Crippen LogP contribution in [0.15, 0.2) is 29.6 Å². The molecule has 1 N–H and O–H groups in total. The van der Waals surface area contributed by atoms with E-state index in [4.69, 9.17) is 27.9 Å². The molecule has 0 fully saturated rings. The van der Waals surface area contributed by atoms with Crippen molar-refractivity contribution in [2.45, 2.75) is 5.38 Å². The van der Waals surface area contributed by atoms with Crippen molar-refractivity contribution >= 4 is 46.1 Å². The van der Waals surface area contributed by atoms with Crippen molar-refractivity contribution in [1.29, 1.82) is 0 Å². The normalized spacial score (nSPS) is 15.4. The molecule has 0 spiro atoms. The number of carbonyl (C=O) groups excluding carboxylic acids is 1. The molecule has 0 saturated carbocycles. The lowest BCUT2D eigenvalue weighted by Gasteiger charge is -2.19. The van der Waals surface area contributed by atoms with Crippen LogP contribution in [0, 0.1) is 0 Å². The number of nitrogens with one attached hydrogen (secondary N) is 1. The molecule has 1 atom stereocenters. The van der Waals surface area contributed by atoms with E-state index in [1.807, 2.05) is 23.6 Å². The predicted octanol–water partition coefficient (Wildman–Crippen LogP) is 4.06. The van der Waals surface area contributed by atoms with Gasteiger partial charge in [0.1, 0.15) is 5.75 Å². The number of hydrogen-bond donors (Lipinski definition) is 1. The zero-order valence-electron chi connectivity index (χ0n) is 9.65. The Balaban J connectivity index is 1.96. The van der Waals surface area contributed by atoms with E-state index in [9.17, 15) is 4.79 Å². The second-order valence-corrected chi connectivity index (χ2v) is 5.88. The highest BCUT2D eigenvalue weighted by molar-refractivity contribution is 7.11. The number of benzene rings is 1. The molecule has 1 aromatic heterocycles. The van der Waals surface area contributed by atoms with E-state index in [0.29, 0.717) is 16.5 Å². The van der Waals surface area contributed by atoms with Gasteiger partial charge in [-0.15, -0.1) is 22.9 Å². The van der Waals surface area contributed by atoms with Crippen LogP contribution in [-0.2, 0) is 4.79 Å². The number of halogens is 2. The van der Waals surface area contributed by atoms with Gasteiger partial charge < -0.3 is 10.1 Å². The van der Waals surface area contributed by atoms with Gasteiger partial charge in [-0.25, -0.2) is 0 Å². The van der Waals surface area contributed by atoms with E-state index >= 15 is 0 Å². The number of fused-ring (bicyclic) bond motifs is 1. The average Bonchev–Trinajstić information content (AvgIpc) is 2.83. The zero-order valence-corrected chi connectivity index (χ0v) is 12.0. The molecular weight excluding hydrogens is 305 g/mol. The molecule has 2 heterocycles. The van der Waals surface area contributed by atoms with Gasteiger partial charge in [0.2, 0.25) is 0 Å². The number of thiophene rings is 1. The molecule has 98 valence electrons. The molecule has 1 aliphatic heterocycles. The van der Waals surface area contributed by atoms with Crippen LogP contribution in [0.5, 0.6) is 5.75 Å². The lowest BCUT2D eigenvalue weighted by molar-refractivity contribution is -0.118. The highest BCUT2D eigenvalue weighted by atomic mass is 35.5. The van der Waals surface area contributed by atoms with Crippen molar-refractivity contribution in [2.24, 2.45) is 0 Å². The zero-order chi connectivity index (χ0) is 13.4. The SMILES string of the molecule is O=C1COc2ccc(C(Cl)c3sccc3Cl)cc2N1. The van der Waals surface area contributed by atoms with Crippen LogP contribution in [0.25, 0.3) is 0 Å². The van der Waals surface area contributed by atoms with Crippen molar-refractivity contribution in [3.63, 3.8) is 0 Å². The van der Waals surface area contributed by atoms with Gasteiger partial charge in [0, 0.05) is 4.88 Å². The van der Waals surface area contributed by atoms with Crippen molar-refractivity contribution < 1.29 is 9.53 Å². The molecule has 1 aromatic carbocycles. The van der Waals surface area contributed by atoms with E-state index < -0.39 is 0 Å². The summed E-state index contributed by atoms with van der Waals surface area (Å²) in [5, 5.41) is 4.98. The predicted molar refractivity (Wildman–Crippen MR) is 77.6 cm³/mol. The van der Waals surface area contributed by atoms with Crippen molar-refractivity contribution in [3.8, 4) is 5.75 Å². The summed E-state index contributed by atoms with van der Waals surface area (Å²) >= 11 is 14.0. The Bertz CT molecular complexity index is 641. The number of anilines is 1. The molecule has 6 heteroatoms. The van der Waals surface area contributed by atoms with Gasteiger partial charge in [-0.2, -0.15) is 0 Å². The molecule has 1 aliphatic rings. The first-order valence-electron chi connectivity index (χ1n) is 5.58. The Morgan fingerprint density at radius 1 is 1.37 bits per heavy atom. The highest BCUT2D eigenvalue weighted by Crippen LogP contribution is 2.40. The van der Waals surface area contributed by atoms with Gasteiger partial charge in [-0.1, -0.05) is 17.7 Å². The third kappa shape index (κ3) is 2.43. The minimum absolute atomic E-state index is 0.0490. The maximum absolute atomic E-state index is 11.3. The molecule has 1 unspecified atom stereocenters. The molecule has 0 bridgehead atoms. The molecule has 0 radical (unpaired) electrons. The van der Waals surface area contributed by atoms with Crippen LogP contribution >= 0.6 is 34.5 Å². The summed E-state index contributed by atoms with van der Waals surface area (Å²) < 4.78 is 5.31. The number of carbonyl (C=O) groups is 1. The van der Waals surface area contributed by atoms with Gasteiger partial charge in [0.15, 0.2) is 6.61 Å². The van der Waals surface area contributed by atoms with Crippen molar-refractivity contribution in [2.75, 3.05) is 11.9 Å². The summed E-state index contributed by atoms with van der Waals surface area (Å²) in [6.07, 6.45) is 0. The average molecular weight is 314 g/mol. The summed E-state index contributed by atoms with van der Waals surface area (Å²) in [5.41, 5.74) is 1.52. The lowest BCUT2D eigenvalue weighted by atomic mass is 10.1. The standard InChI is InChI=1S/C13H9Cl2NO2S/c14-8-3-4-19-13(8)12(15)7-1-2-10-9(5-7)16-11(17)6-18-10/h1-5,12H,6H2,(H,16,17). The summed E-state index contributed by atoms with van der Waals surface area (Å²) in [5.74, 6) is 0.495. The Kier molecular flexibility index (Phi) is 3.39. The third-order valence-electron chi connectivity index (χ3n) is 2.80. The summed E-state index contributed by atoms with van der Waals surface area (Å²) in [7, 11) is 0. The van der Waals surface area contributed by atoms with Crippen LogP contribution in [0.4, 0.5) is 5.69 Å². The van der Waals surface area contributed by atoms with Gasteiger partial charge in [0.25, 0.3) is 5.91 Å². The molecule has 0 aliphatic carbocycles. The van der Waals surface area contributed by atoms with Crippen molar-refractivity contribution in [3.05, 3.63) is 45.1 Å². The minimum atomic E-state index is -0.336. The first kappa shape index (κ1) is 12.8. The summed E-state index contributed by atoms with van der Waals surface area (Å²) in [6, 6.07) is 7.32. The monoisotopic (exact) mass is 313 g/mol. The van der Waals surface area contributed by atoms with Gasteiger partial charge in [0.05, 0.1) is 16.1 Å². The van der Waals surface area contributed by atoms with Crippen LogP contribution < -0.4 is 10.1 Å². The van der Waals surface area contributed by atoms with Gasteiger partial charge >= 0.3 is 0 Å². The molecular formula is C13H9Cl2NO2S. The van der Waals surface area contributed by atoms with E-state index in [2.05, 4.69) is 5.32 Å². The molecule has 0 saturated heterocycles. The van der Waals surface area contributed by atoms with Crippen LogP contribution in [0.1, 0.15) is 15.8 Å². The Labute approximate surface area is 124 Å². The number of ether oxygens (including phenoxy) is 1. The molecule has 19 heavy (non-hydrogen) atoms. The lowest BCUT2D eigenvalue weighted by Crippen LogP contribution is -2.25. The highest BCUT2D eigenvalue weighted by Gasteiger charge is 2.20. The first-order valence-corrected chi connectivity index (χ1v) is 7.28. The molecule has 3 nitrogen and oxygen atoms in total. The quantitative estimate of drug-likeness (QED) is 0.849. The Morgan fingerprint density at radius 3 is 2.95 bits per heavy atom. The number of alkyl halides is 1. The second kappa shape index (κ2) is 5.04. The second-order valence-electron chi connectivity index (χ2n) is 4.09. The largest absolute Gasteiger partial charge is 0.482 e. The smallest absolute Gasteiger partial charge is 0.262 e.